The maximum absolute atomic E-state index is 11.6. The predicted molar refractivity (Wildman–Crippen MR) is 65.0 cm³/mol. The summed E-state index contributed by atoms with van der Waals surface area (Å²) in [6.07, 6.45) is 2.15. The molecule has 1 aromatic rings. The number of hydrogen-bond acceptors (Lipinski definition) is 6. The second-order valence-corrected chi connectivity index (χ2v) is 5.94. The maximum atomic E-state index is 11.6. The number of hydrogen-bond donors (Lipinski definition) is 0. The first-order valence-electron chi connectivity index (χ1n) is 5.18. The second-order valence-electron chi connectivity index (χ2n) is 3.92. The summed E-state index contributed by atoms with van der Waals surface area (Å²) >= 11 is 0. The van der Waals surface area contributed by atoms with E-state index in [1.165, 1.54) is 25.3 Å². The smallest absolute Gasteiger partial charge is 0.349 e. The molecule has 0 saturated carbocycles. The summed E-state index contributed by atoms with van der Waals surface area (Å²) in [7, 11) is -2.11. The molecule has 0 N–H and O–H groups in total. The first-order chi connectivity index (χ1) is 8.84. The Kier molecular flexibility index (Phi) is 3.15. The summed E-state index contributed by atoms with van der Waals surface area (Å²) in [6, 6.07) is 3.85. The molecule has 19 heavy (non-hydrogen) atoms. The minimum absolute atomic E-state index is 0.00241. The van der Waals surface area contributed by atoms with Crippen molar-refractivity contribution in [3.05, 3.63) is 35.6 Å². The molecule has 2 rings (SSSR count). The van der Waals surface area contributed by atoms with E-state index in [1.807, 2.05) is 0 Å². The van der Waals surface area contributed by atoms with Crippen molar-refractivity contribution in [3.8, 4) is 0 Å². The maximum Gasteiger partial charge on any atom is 0.349 e. The Morgan fingerprint density at radius 3 is 2.42 bits per heavy atom. The van der Waals surface area contributed by atoms with Crippen molar-refractivity contribution in [3.63, 3.8) is 0 Å². The van der Waals surface area contributed by atoms with E-state index in [1.54, 1.807) is 0 Å². The highest BCUT2D eigenvalue weighted by molar-refractivity contribution is 7.90. The van der Waals surface area contributed by atoms with Gasteiger partial charge in [0.15, 0.2) is 9.84 Å². The van der Waals surface area contributed by atoms with E-state index in [9.17, 15) is 18.0 Å². The van der Waals surface area contributed by atoms with Gasteiger partial charge < -0.3 is 9.47 Å². The number of carbonyl (C=O) groups is 2. The molecule has 0 amide bonds. The van der Waals surface area contributed by atoms with Crippen LogP contribution in [0, 0.1) is 0 Å². The largest absolute Gasteiger partial charge is 0.503 e. The van der Waals surface area contributed by atoms with Crippen LogP contribution in [0.2, 0.25) is 0 Å². The lowest BCUT2D eigenvalue weighted by molar-refractivity contribution is -0.131. The standard InChI is InChI=1S/C12H10O6S/c1-17-6-10-9-5-7(19(2,15)16)3-4-8(9)11(13)18-12(10)14/h3-6H,1-2H3/b10-6-. The van der Waals surface area contributed by atoms with Crippen LogP contribution in [0.15, 0.2) is 29.4 Å². The van der Waals surface area contributed by atoms with Crippen LogP contribution in [0.1, 0.15) is 15.9 Å². The number of ether oxygens (including phenoxy) is 2. The van der Waals surface area contributed by atoms with Crippen LogP contribution in [0.4, 0.5) is 0 Å². The molecular weight excluding hydrogens is 272 g/mol. The summed E-state index contributed by atoms with van der Waals surface area (Å²) in [4.78, 5) is 23.1. The molecule has 1 heterocycles. The second kappa shape index (κ2) is 4.51. The third-order valence-corrected chi connectivity index (χ3v) is 3.68. The van der Waals surface area contributed by atoms with Crippen LogP contribution in [-0.2, 0) is 24.1 Å². The average molecular weight is 282 g/mol. The van der Waals surface area contributed by atoms with E-state index in [4.69, 9.17) is 4.74 Å². The molecule has 0 radical (unpaired) electrons. The summed E-state index contributed by atoms with van der Waals surface area (Å²) in [5.41, 5.74) is 0.309. The Labute approximate surface area is 109 Å². The van der Waals surface area contributed by atoms with Gasteiger partial charge in [0.05, 0.1) is 23.8 Å². The van der Waals surface area contributed by atoms with Gasteiger partial charge in [-0.05, 0) is 18.2 Å². The molecule has 1 aliphatic heterocycles. The molecule has 1 aliphatic rings. The van der Waals surface area contributed by atoms with Gasteiger partial charge in [-0.1, -0.05) is 0 Å². The average Bonchev–Trinajstić information content (AvgIpc) is 2.32. The third kappa shape index (κ3) is 2.37. The lowest BCUT2D eigenvalue weighted by Gasteiger charge is -2.17. The SMILES string of the molecule is CO/C=C1\C(=O)OC(=O)c2ccc(S(C)(=O)=O)cc21. The van der Waals surface area contributed by atoms with Crippen LogP contribution in [0.5, 0.6) is 0 Å². The lowest BCUT2D eigenvalue weighted by Crippen LogP contribution is -2.22. The topological polar surface area (TPSA) is 86.7 Å². The Hall–Kier alpha value is -2.15. The highest BCUT2D eigenvalue weighted by atomic mass is 32.2. The molecule has 0 unspecified atom stereocenters. The van der Waals surface area contributed by atoms with Gasteiger partial charge in [-0.25, -0.2) is 18.0 Å². The van der Waals surface area contributed by atoms with Crippen molar-refractivity contribution in [1.82, 2.24) is 0 Å². The van der Waals surface area contributed by atoms with E-state index >= 15 is 0 Å². The van der Waals surface area contributed by atoms with Gasteiger partial charge in [0.1, 0.15) is 5.57 Å². The molecule has 100 valence electrons. The van der Waals surface area contributed by atoms with E-state index in [-0.39, 0.29) is 21.6 Å². The minimum atomic E-state index is -3.44. The van der Waals surface area contributed by atoms with Crippen molar-refractivity contribution in [2.24, 2.45) is 0 Å². The Balaban J connectivity index is 2.72. The lowest BCUT2D eigenvalue weighted by atomic mass is 9.98. The first kappa shape index (κ1) is 13.3. The highest BCUT2D eigenvalue weighted by Gasteiger charge is 2.31. The minimum Gasteiger partial charge on any atom is -0.503 e. The summed E-state index contributed by atoms with van der Waals surface area (Å²) in [5, 5.41) is 0. The van der Waals surface area contributed by atoms with Gasteiger partial charge in [-0.15, -0.1) is 0 Å². The van der Waals surface area contributed by atoms with Crippen LogP contribution in [0.25, 0.3) is 5.57 Å². The van der Waals surface area contributed by atoms with Crippen molar-refractivity contribution >= 4 is 27.3 Å². The third-order valence-electron chi connectivity index (χ3n) is 2.57. The van der Waals surface area contributed by atoms with Gasteiger partial charge in [0, 0.05) is 11.8 Å². The van der Waals surface area contributed by atoms with Crippen LogP contribution < -0.4 is 0 Å². The van der Waals surface area contributed by atoms with Gasteiger partial charge in [-0.2, -0.15) is 0 Å². The fourth-order valence-electron chi connectivity index (χ4n) is 1.69. The summed E-state index contributed by atoms with van der Waals surface area (Å²) in [5.74, 6) is -1.68. The highest BCUT2D eigenvalue weighted by Crippen LogP contribution is 2.29. The molecule has 0 aliphatic carbocycles. The number of fused-ring (bicyclic) bond motifs is 1. The van der Waals surface area contributed by atoms with Crippen molar-refractivity contribution in [1.29, 1.82) is 0 Å². The molecule has 0 spiro atoms. The van der Waals surface area contributed by atoms with Gasteiger partial charge in [-0.3, -0.25) is 0 Å². The zero-order valence-electron chi connectivity index (χ0n) is 10.2. The molecule has 7 heteroatoms. The van der Waals surface area contributed by atoms with E-state index in [2.05, 4.69) is 4.74 Å². The zero-order chi connectivity index (χ0) is 14.2. The Morgan fingerprint density at radius 2 is 1.84 bits per heavy atom. The normalized spacial score (nSPS) is 17.1. The molecule has 6 nitrogen and oxygen atoms in total. The molecule has 0 aromatic heterocycles. The monoisotopic (exact) mass is 282 g/mol. The van der Waals surface area contributed by atoms with Gasteiger partial charge in [0.25, 0.3) is 0 Å². The zero-order valence-corrected chi connectivity index (χ0v) is 11.0. The Bertz CT molecular complexity index is 699. The molecule has 0 saturated heterocycles. The molecular formula is C12H10O6S. The predicted octanol–water partition coefficient (Wildman–Crippen LogP) is 0.774. The summed E-state index contributed by atoms with van der Waals surface area (Å²) < 4.78 is 32.3. The van der Waals surface area contributed by atoms with Gasteiger partial charge in [0.2, 0.25) is 0 Å². The van der Waals surface area contributed by atoms with E-state index in [0.717, 1.165) is 12.5 Å². The quantitative estimate of drug-likeness (QED) is 0.345. The number of sulfone groups is 1. The number of benzene rings is 1. The fraction of sp³-hybridized carbons (Fsp3) is 0.167. The molecule has 0 bridgehead atoms. The summed E-state index contributed by atoms with van der Waals surface area (Å²) in [6.45, 7) is 0. The van der Waals surface area contributed by atoms with Crippen molar-refractivity contribution in [2.45, 2.75) is 4.90 Å². The number of carbonyl (C=O) groups excluding carboxylic acids is 2. The molecule has 1 aromatic carbocycles. The van der Waals surface area contributed by atoms with Crippen LogP contribution in [0.3, 0.4) is 0 Å². The van der Waals surface area contributed by atoms with Crippen molar-refractivity contribution in [2.75, 3.05) is 13.4 Å². The van der Waals surface area contributed by atoms with E-state index in [0.29, 0.717) is 0 Å². The first-order valence-corrected chi connectivity index (χ1v) is 7.07. The van der Waals surface area contributed by atoms with Crippen LogP contribution >= 0.6 is 0 Å². The number of cyclic esters (lactones) is 2. The van der Waals surface area contributed by atoms with E-state index < -0.39 is 21.8 Å². The van der Waals surface area contributed by atoms with Crippen molar-refractivity contribution < 1.29 is 27.5 Å². The molecule has 0 fully saturated rings. The number of methoxy groups -OCH3 is 1. The Morgan fingerprint density at radius 1 is 1.16 bits per heavy atom. The number of esters is 2. The van der Waals surface area contributed by atoms with Gasteiger partial charge >= 0.3 is 11.9 Å². The number of rotatable bonds is 2. The molecule has 0 atom stereocenters. The fourth-order valence-corrected chi connectivity index (χ4v) is 2.34. The van der Waals surface area contributed by atoms with Crippen LogP contribution in [-0.4, -0.2) is 33.7 Å².